The molecule has 0 aromatic rings. The van der Waals surface area contributed by atoms with E-state index in [0.29, 0.717) is 0 Å². The lowest BCUT2D eigenvalue weighted by molar-refractivity contribution is -0.143. The van der Waals surface area contributed by atoms with Crippen molar-refractivity contribution in [3.05, 3.63) is 24.3 Å². The van der Waals surface area contributed by atoms with E-state index in [-0.39, 0.29) is 23.4 Å². The first-order chi connectivity index (χ1) is 7.61. The average Bonchev–Trinajstić information content (AvgIpc) is 2.79. The Balaban J connectivity index is 2.08. The van der Waals surface area contributed by atoms with Gasteiger partial charge in [0, 0.05) is 23.7 Å². The van der Waals surface area contributed by atoms with Gasteiger partial charge in [-0.25, -0.2) is 0 Å². The average molecular weight is 218 g/mol. The zero-order valence-corrected chi connectivity index (χ0v) is 8.37. The van der Waals surface area contributed by atoms with Crippen LogP contribution < -0.4 is 0 Å². The molecular formula is C12H10O4. The lowest BCUT2D eigenvalue weighted by Gasteiger charge is -2.26. The zero-order chi connectivity index (χ0) is 11.4. The molecule has 4 heteroatoms. The summed E-state index contributed by atoms with van der Waals surface area (Å²) in [6.45, 7) is 0. The second-order valence-corrected chi connectivity index (χ2v) is 4.59. The van der Waals surface area contributed by atoms with E-state index in [2.05, 4.69) is 0 Å². The van der Waals surface area contributed by atoms with E-state index < -0.39 is 23.7 Å². The normalized spacial score (nSPS) is 43.9. The van der Waals surface area contributed by atoms with Crippen LogP contribution >= 0.6 is 0 Å². The lowest BCUT2D eigenvalue weighted by Crippen LogP contribution is -2.34. The predicted octanol–water partition coefficient (Wildman–Crippen LogP) is 0.443. The molecule has 0 aromatic heterocycles. The zero-order valence-electron chi connectivity index (χ0n) is 8.37. The summed E-state index contributed by atoms with van der Waals surface area (Å²) in [5, 5.41) is 9.13. The van der Waals surface area contributed by atoms with Crippen LogP contribution in [0.2, 0.25) is 0 Å². The lowest BCUT2D eigenvalue weighted by atomic mass is 9.75. The summed E-state index contributed by atoms with van der Waals surface area (Å²) >= 11 is 0. The third-order valence-electron chi connectivity index (χ3n) is 3.96. The number of carbonyl (C=O) groups is 3. The van der Waals surface area contributed by atoms with Crippen LogP contribution in [0, 0.1) is 29.6 Å². The molecule has 1 fully saturated rings. The highest BCUT2D eigenvalue weighted by Gasteiger charge is 2.59. The van der Waals surface area contributed by atoms with Gasteiger partial charge in [-0.15, -0.1) is 0 Å². The van der Waals surface area contributed by atoms with E-state index in [1.165, 1.54) is 12.2 Å². The number of hydrogen-bond acceptors (Lipinski definition) is 3. The van der Waals surface area contributed by atoms with Gasteiger partial charge in [0.15, 0.2) is 11.6 Å². The van der Waals surface area contributed by atoms with Crippen LogP contribution in [0.25, 0.3) is 0 Å². The van der Waals surface area contributed by atoms with Crippen molar-refractivity contribution in [3.8, 4) is 0 Å². The van der Waals surface area contributed by atoms with E-state index in [4.69, 9.17) is 5.11 Å². The predicted molar refractivity (Wildman–Crippen MR) is 53.4 cm³/mol. The fourth-order valence-electron chi connectivity index (χ4n) is 3.37. The van der Waals surface area contributed by atoms with Gasteiger partial charge in [-0.2, -0.15) is 0 Å². The second-order valence-electron chi connectivity index (χ2n) is 4.59. The number of ketones is 2. The molecule has 0 saturated heterocycles. The molecule has 16 heavy (non-hydrogen) atoms. The molecule has 0 amide bonds. The van der Waals surface area contributed by atoms with E-state index in [0.717, 1.165) is 0 Å². The number of allylic oxidation sites excluding steroid dienone is 4. The fraction of sp³-hybridized carbons (Fsp3) is 0.417. The molecule has 1 N–H and O–H groups in total. The van der Waals surface area contributed by atoms with Crippen LogP contribution in [0.15, 0.2) is 24.3 Å². The van der Waals surface area contributed by atoms with Gasteiger partial charge in [-0.05, 0) is 12.2 Å². The van der Waals surface area contributed by atoms with Crippen molar-refractivity contribution in [2.45, 2.75) is 0 Å². The monoisotopic (exact) mass is 218 g/mol. The van der Waals surface area contributed by atoms with E-state index in [9.17, 15) is 14.4 Å². The van der Waals surface area contributed by atoms with Gasteiger partial charge < -0.3 is 5.11 Å². The topological polar surface area (TPSA) is 71.4 Å². The van der Waals surface area contributed by atoms with Gasteiger partial charge in [-0.1, -0.05) is 12.2 Å². The van der Waals surface area contributed by atoms with Gasteiger partial charge in [-0.3, -0.25) is 14.4 Å². The minimum Gasteiger partial charge on any atom is -0.481 e. The van der Waals surface area contributed by atoms with Crippen molar-refractivity contribution in [2.24, 2.45) is 29.6 Å². The molecule has 0 aromatic carbocycles. The Hall–Kier alpha value is -1.71. The first-order valence-electron chi connectivity index (χ1n) is 5.28. The van der Waals surface area contributed by atoms with E-state index in [1.54, 1.807) is 12.2 Å². The van der Waals surface area contributed by atoms with Crippen LogP contribution in [-0.2, 0) is 14.4 Å². The summed E-state index contributed by atoms with van der Waals surface area (Å²) in [6.07, 6.45) is 6.15. The molecule has 1 saturated carbocycles. The molecule has 3 aliphatic rings. The van der Waals surface area contributed by atoms with E-state index in [1.807, 2.05) is 0 Å². The number of aliphatic carboxylic acids is 1. The number of rotatable bonds is 1. The van der Waals surface area contributed by atoms with Crippen LogP contribution in [0.5, 0.6) is 0 Å². The third-order valence-corrected chi connectivity index (χ3v) is 3.96. The van der Waals surface area contributed by atoms with Crippen molar-refractivity contribution >= 4 is 17.5 Å². The SMILES string of the molecule is O=C(O)C1C2C=CC1C1C(=O)C=CC(=O)C21. The van der Waals surface area contributed by atoms with Gasteiger partial charge in [0.25, 0.3) is 0 Å². The molecule has 3 rings (SSSR count). The number of hydrogen-bond donors (Lipinski definition) is 1. The van der Waals surface area contributed by atoms with Crippen molar-refractivity contribution < 1.29 is 19.5 Å². The first kappa shape index (κ1) is 9.51. The molecule has 2 bridgehead atoms. The summed E-state index contributed by atoms with van der Waals surface area (Å²) in [6, 6.07) is 0. The summed E-state index contributed by atoms with van der Waals surface area (Å²) < 4.78 is 0. The summed E-state index contributed by atoms with van der Waals surface area (Å²) in [4.78, 5) is 34.6. The summed E-state index contributed by atoms with van der Waals surface area (Å²) in [7, 11) is 0. The Morgan fingerprint density at radius 1 is 1.00 bits per heavy atom. The van der Waals surface area contributed by atoms with Crippen molar-refractivity contribution in [2.75, 3.05) is 0 Å². The smallest absolute Gasteiger partial charge is 0.307 e. The fourth-order valence-corrected chi connectivity index (χ4v) is 3.37. The summed E-state index contributed by atoms with van der Waals surface area (Å²) in [5.41, 5.74) is 0. The molecule has 3 aliphatic carbocycles. The highest BCUT2D eigenvalue weighted by atomic mass is 16.4. The maximum absolute atomic E-state index is 11.7. The molecule has 4 nitrogen and oxygen atoms in total. The molecular weight excluding hydrogens is 208 g/mol. The molecule has 0 radical (unpaired) electrons. The standard InChI is InChI=1S/C12H10O4/c13-7-3-4-8(14)11-6-2-1-5(10(7)11)9(6)12(15)16/h1-6,9-11H,(H,15,16). The van der Waals surface area contributed by atoms with Gasteiger partial charge in [0.05, 0.1) is 5.92 Å². The molecule has 0 aliphatic heterocycles. The molecule has 0 spiro atoms. The highest BCUT2D eigenvalue weighted by Crippen LogP contribution is 2.54. The summed E-state index contributed by atoms with van der Waals surface area (Å²) in [5.74, 6) is -3.18. The van der Waals surface area contributed by atoms with Crippen molar-refractivity contribution in [1.29, 1.82) is 0 Å². The molecule has 4 atom stereocenters. The van der Waals surface area contributed by atoms with Crippen LogP contribution in [0.1, 0.15) is 0 Å². The Kier molecular flexibility index (Phi) is 1.73. The number of carbonyl (C=O) groups excluding carboxylic acids is 2. The minimum absolute atomic E-state index is 0.104. The van der Waals surface area contributed by atoms with Crippen LogP contribution in [0.3, 0.4) is 0 Å². The van der Waals surface area contributed by atoms with E-state index >= 15 is 0 Å². The van der Waals surface area contributed by atoms with Crippen LogP contribution in [0.4, 0.5) is 0 Å². The number of carboxylic acid groups (broad SMARTS) is 1. The van der Waals surface area contributed by atoms with Gasteiger partial charge in [0.1, 0.15) is 0 Å². The highest BCUT2D eigenvalue weighted by molar-refractivity contribution is 6.09. The molecule has 82 valence electrons. The van der Waals surface area contributed by atoms with Gasteiger partial charge in [0.2, 0.25) is 0 Å². The molecule has 4 unspecified atom stereocenters. The first-order valence-corrected chi connectivity index (χ1v) is 5.28. The van der Waals surface area contributed by atoms with Crippen LogP contribution in [-0.4, -0.2) is 22.6 Å². The maximum atomic E-state index is 11.7. The largest absolute Gasteiger partial charge is 0.481 e. The quantitative estimate of drug-likeness (QED) is 0.648. The number of carboxylic acids is 1. The van der Waals surface area contributed by atoms with Crippen molar-refractivity contribution in [1.82, 2.24) is 0 Å². The Bertz CT molecular complexity index is 426. The van der Waals surface area contributed by atoms with Crippen molar-refractivity contribution in [3.63, 3.8) is 0 Å². The second kappa shape index (κ2) is 2.90. The van der Waals surface area contributed by atoms with Gasteiger partial charge >= 0.3 is 5.97 Å². The number of fused-ring (bicyclic) bond motifs is 5. The Morgan fingerprint density at radius 2 is 1.44 bits per heavy atom. The maximum Gasteiger partial charge on any atom is 0.307 e. The molecule has 0 heterocycles. The minimum atomic E-state index is -0.907. The Labute approximate surface area is 91.6 Å². The Morgan fingerprint density at radius 3 is 1.81 bits per heavy atom. The third kappa shape index (κ3) is 0.965.